The Morgan fingerprint density at radius 3 is 2.78 bits per heavy atom. The number of carbonyl (C=O) groups excluding carboxylic acids is 1. The van der Waals surface area contributed by atoms with Crippen molar-refractivity contribution < 1.29 is 14.3 Å². The summed E-state index contributed by atoms with van der Waals surface area (Å²) in [7, 11) is 1.55. The lowest BCUT2D eigenvalue weighted by molar-refractivity contribution is 0.0583. The molecule has 0 atom stereocenters. The van der Waals surface area contributed by atoms with E-state index < -0.39 is 5.60 Å². The van der Waals surface area contributed by atoms with Gasteiger partial charge in [0, 0.05) is 12.7 Å². The van der Waals surface area contributed by atoms with Crippen molar-refractivity contribution in [3.8, 4) is 5.88 Å². The number of carbonyl (C=O) groups is 1. The van der Waals surface area contributed by atoms with Gasteiger partial charge in [0.15, 0.2) is 0 Å². The molecule has 1 aromatic rings. The normalized spacial score (nSPS) is 14.3. The van der Waals surface area contributed by atoms with Gasteiger partial charge in [-0.3, -0.25) is 4.90 Å². The average molecular weight is 250 g/mol. The van der Waals surface area contributed by atoms with Crippen molar-refractivity contribution in [1.29, 1.82) is 0 Å². The standard InChI is InChI=1S/C13H18N2O3/c1-13(2,3)18-12(16)15-8-6-9-5-7-14-11(17-4)10(9)15/h5,7H,6,8H2,1-4H3. The second kappa shape index (κ2) is 4.48. The number of nitrogens with zero attached hydrogens (tertiary/aromatic N) is 2. The van der Waals surface area contributed by atoms with E-state index in [1.807, 2.05) is 26.8 Å². The second-order valence-electron chi connectivity index (χ2n) is 5.21. The van der Waals surface area contributed by atoms with Gasteiger partial charge in [0.2, 0.25) is 5.88 Å². The zero-order chi connectivity index (χ0) is 13.3. The fraction of sp³-hybridized carbons (Fsp3) is 0.538. The van der Waals surface area contributed by atoms with Gasteiger partial charge in [-0.1, -0.05) is 0 Å². The first kappa shape index (κ1) is 12.7. The van der Waals surface area contributed by atoms with Gasteiger partial charge in [-0.25, -0.2) is 9.78 Å². The Morgan fingerprint density at radius 1 is 1.44 bits per heavy atom. The number of ether oxygens (including phenoxy) is 2. The molecule has 0 saturated heterocycles. The van der Waals surface area contributed by atoms with Crippen molar-refractivity contribution in [2.24, 2.45) is 0 Å². The molecule has 18 heavy (non-hydrogen) atoms. The number of hydrogen-bond acceptors (Lipinski definition) is 4. The quantitative estimate of drug-likeness (QED) is 0.768. The number of methoxy groups -OCH3 is 1. The van der Waals surface area contributed by atoms with Crippen LogP contribution in [0.2, 0.25) is 0 Å². The average Bonchev–Trinajstić information content (AvgIpc) is 2.70. The minimum Gasteiger partial charge on any atom is -0.480 e. The number of amides is 1. The van der Waals surface area contributed by atoms with Crippen molar-refractivity contribution >= 4 is 11.8 Å². The highest BCUT2D eigenvalue weighted by molar-refractivity contribution is 5.92. The van der Waals surface area contributed by atoms with E-state index >= 15 is 0 Å². The van der Waals surface area contributed by atoms with Gasteiger partial charge in [-0.05, 0) is 38.8 Å². The molecule has 0 saturated carbocycles. The summed E-state index contributed by atoms with van der Waals surface area (Å²) in [5.74, 6) is 0.468. The smallest absolute Gasteiger partial charge is 0.414 e. The van der Waals surface area contributed by atoms with E-state index in [1.54, 1.807) is 18.2 Å². The molecule has 1 aliphatic rings. The van der Waals surface area contributed by atoms with Crippen molar-refractivity contribution in [3.63, 3.8) is 0 Å². The molecule has 98 valence electrons. The first-order chi connectivity index (χ1) is 8.42. The van der Waals surface area contributed by atoms with Crippen LogP contribution in [-0.2, 0) is 11.2 Å². The van der Waals surface area contributed by atoms with E-state index in [4.69, 9.17) is 9.47 Å². The highest BCUT2D eigenvalue weighted by Crippen LogP contribution is 2.36. The molecule has 0 aliphatic carbocycles. The molecule has 0 aromatic carbocycles. The lowest BCUT2D eigenvalue weighted by Gasteiger charge is -2.25. The third-order valence-electron chi connectivity index (χ3n) is 2.66. The third kappa shape index (κ3) is 2.39. The molecule has 2 heterocycles. The second-order valence-corrected chi connectivity index (χ2v) is 5.21. The molecule has 1 aromatic heterocycles. The Morgan fingerprint density at radius 2 is 2.17 bits per heavy atom. The van der Waals surface area contributed by atoms with Crippen LogP contribution in [0.5, 0.6) is 5.88 Å². The maximum absolute atomic E-state index is 12.1. The number of aromatic nitrogens is 1. The van der Waals surface area contributed by atoms with Crippen LogP contribution < -0.4 is 9.64 Å². The zero-order valence-electron chi connectivity index (χ0n) is 11.2. The number of hydrogen-bond donors (Lipinski definition) is 0. The molecule has 5 heteroatoms. The summed E-state index contributed by atoms with van der Waals surface area (Å²) < 4.78 is 10.6. The minimum atomic E-state index is -0.505. The Kier molecular flexibility index (Phi) is 3.15. The Labute approximate surface area is 107 Å². The summed E-state index contributed by atoms with van der Waals surface area (Å²) in [5, 5.41) is 0. The molecular weight excluding hydrogens is 232 g/mol. The summed E-state index contributed by atoms with van der Waals surface area (Å²) >= 11 is 0. The molecule has 2 rings (SSSR count). The number of fused-ring (bicyclic) bond motifs is 1. The fourth-order valence-corrected chi connectivity index (χ4v) is 1.96. The first-order valence-corrected chi connectivity index (χ1v) is 5.95. The highest BCUT2D eigenvalue weighted by atomic mass is 16.6. The molecule has 0 unspecified atom stereocenters. The molecule has 0 N–H and O–H groups in total. The summed E-state index contributed by atoms with van der Waals surface area (Å²) in [5.41, 5.74) is 1.29. The summed E-state index contributed by atoms with van der Waals surface area (Å²) in [4.78, 5) is 17.8. The van der Waals surface area contributed by atoms with E-state index in [2.05, 4.69) is 4.98 Å². The van der Waals surface area contributed by atoms with Gasteiger partial charge in [0.1, 0.15) is 11.3 Å². The Bertz CT molecular complexity index is 466. The fourth-order valence-electron chi connectivity index (χ4n) is 1.96. The van der Waals surface area contributed by atoms with Gasteiger partial charge >= 0.3 is 6.09 Å². The minimum absolute atomic E-state index is 0.354. The molecule has 0 fully saturated rings. The van der Waals surface area contributed by atoms with Gasteiger partial charge in [-0.2, -0.15) is 0 Å². The largest absolute Gasteiger partial charge is 0.480 e. The van der Waals surface area contributed by atoms with Gasteiger partial charge in [-0.15, -0.1) is 0 Å². The molecule has 0 spiro atoms. The SMILES string of the molecule is COc1nccc2c1N(C(=O)OC(C)(C)C)CC2. The summed E-state index contributed by atoms with van der Waals surface area (Å²) in [6.07, 6.45) is 2.14. The molecule has 0 radical (unpaired) electrons. The van der Waals surface area contributed by atoms with Crippen LogP contribution in [0.4, 0.5) is 10.5 Å². The molecule has 1 amide bonds. The zero-order valence-corrected chi connectivity index (χ0v) is 11.2. The molecule has 1 aliphatic heterocycles. The summed E-state index contributed by atoms with van der Waals surface area (Å²) in [6, 6.07) is 1.90. The summed E-state index contributed by atoms with van der Waals surface area (Å²) in [6.45, 7) is 6.15. The van der Waals surface area contributed by atoms with E-state index in [9.17, 15) is 4.79 Å². The highest BCUT2D eigenvalue weighted by Gasteiger charge is 2.31. The maximum atomic E-state index is 12.1. The van der Waals surface area contributed by atoms with Crippen LogP contribution in [0, 0.1) is 0 Å². The van der Waals surface area contributed by atoms with Crippen LogP contribution in [0.15, 0.2) is 12.3 Å². The first-order valence-electron chi connectivity index (χ1n) is 5.95. The number of pyridine rings is 1. The van der Waals surface area contributed by atoms with Gasteiger partial charge < -0.3 is 9.47 Å². The Balaban J connectivity index is 2.28. The predicted octanol–water partition coefficient (Wildman–Crippen LogP) is 2.39. The van der Waals surface area contributed by atoms with Crippen LogP contribution in [-0.4, -0.2) is 30.3 Å². The van der Waals surface area contributed by atoms with Gasteiger partial charge in [0.25, 0.3) is 0 Å². The molecular formula is C13H18N2O3. The lowest BCUT2D eigenvalue weighted by atomic mass is 10.2. The van der Waals surface area contributed by atoms with Gasteiger partial charge in [0.05, 0.1) is 7.11 Å². The van der Waals surface area contributed by atoms with E-state index in [1.165, 1.54) is 0 Å². The van der Waals surface area contributed by atoms with Crippen molar-refractivity contribution in [2.75, 3.05) is 18.6 Å². The molecule has 5 nitrogen and oxygen atoms in total. The van der Waals surface area contributed by atoms with Crippen molar-refractivity contribution in [3.05, 3.63) is 17.8 Å². The monoisotopic (exact) mass is 250 g/mol. The van der Waals surface area contributed by atoms with Crippen LogP contribution >= 0.6 is 0 Å². The van der Waals surface area contributed by atoms with Crippen molar-refractivity contribution in [1.82, 2.24) is 4.98 Å². The van der Waals surface area contributed by atoms with E-state index in [0.29, 0.717) is 12.4 Å². The Hall–Kier alpha value is -1.78. The van der Waals surface area contributed by atoms with Crippen LogP contribution in [0.3, 0.4) is 0 Å². The topological polar surface area (TPSA) is 51.7 Å². The van der Waals surface area contributed by atoms with E-state index in [-0.39, 0.29) is 6.09 Å². The predicted molar refractivity (Wildman–Crippen MR) is 68.1 cm³/mol. The lowest BCUT2D eigenvalue weighted by Crippen LogP contribution is -2.35. The van der Waals surface area contributed by atoms with Crippen LogP contribution in [0.25, 0.3) is 0 Å². The van der Waals surface area contributed by atoms with Crippen molar-refractivity contribution in [2.45, 2.75) is 32.8 Å². The van der Waals surface area contributed by atoms with E-state index in [0.717, 1.165) is 17.7 Å². The van der Waals surface area contributed by atoms with Crippen LogP contribution in [0.1, 0.15) is 26.3 Å². The number of anilines is 1. The number of rotatable bonds is 1. The maximum Gasteiger partial charge on any atom is 0.414 e. The molecule has 0 bridgehead atoms. The third-order valence-corrected chi connectivity index (χ3v) is 2.66.